The minimum atomic E-state index is -0.316. The highest BCUT2D eigenvalue weighted by Gasteiger charge is 1.94. The molecule has 0 amide bonds. The van der Waals surface area contributed by atoms with E-state index in [1.807, 2.05) is 0 Å². The molecule has 0 fully saturated rings. The lowest BCUT2D eigenvalue weighted by atomic mass is 10.3. The first-order chi connectivity index (χ1) is 5.72. The lowest BCUT2D eigenvalue weighted by Crippen LogP contribution is -2.04. The molecule has 1 aromatic rings. The van der Waals surface area contributed by atoms with Gasteiger partial charge < -0.3 is 5.32 Å². The Morgan fingerprint density at radius 1 is 1.42 bits per heavy atom. The van der Waals surface area contributed by atoms with Gasteiger partial charge in [-0.1, -0.05) is 0 Å². The van der Waals surface area contributed by atoms with Gasteiger partial charge in [0, 0.05) is 5.69 Å². The lowest BCUT2D eigenvalue weighted by molar-refractivity contribution is 0.628. The Balaban J connectivity index is 2.73. The third-order valence-electron chi connectivity index (χ3n) is 1.20. The summed E-state index contributed by atoms with van der Waals surface area (Å²) in [5.41, 5.74) is 0.614. The number of nitriles is 1. The number of nitrogens with one attached hydrogen (secondary N) is 1. The molecule has 0 bridgehead atoms. The first-order valence-electron chi connectivity index (χ1n) is 3.19. The van der Waals surface area contributed by atoms with E-state index in [4.69, 9.17) is 5.26 Å². The number of nitrogens with zero attached hydrogens (tertiary/aromatic N) is 1. The van der Waals surface area contributed by atoms with Gasteiger partial charge in [-0.3, -0.25) is 0 Å². The molecule has 0 heterocycles. The van der Waals surface area contributed by atoms with Crippen molar-refractivity contribution in [1.29, 1.82) is 5.26 Å². The molecule has 0 spiro atoms. The molecule has 0 saturated heterocycles. The van der Waals surface area contributed by atoms with Gasteiger partial charge in [0.2, 0.25) is 0 Å². The zero-order chi connectivity index (χ0) is 8.97. The number of anilines is 1. The normalized spacial score (nSPS) is 8.67. The number of benzene rings is 1. The SMILES string of the molecule is N#CC(=S)Nc1ccc(F)cc1. The summed E-state index contributed by atoms with van der Waals surface area (Å²) in [5, 5.41) is 10.9. The largest absolute Gasteiger partial charge is 0.338 e. The van der Waals surface area contributed by atoms with Crippen LogP contribution in [-0.2, 0) is 0 Å². The highest BCUT2D eigenvalue weighted by Crippen LogP contribution is 2.07. The summed E-state index contributed by atoms with van der Waals surface area (Å²) in [6.45, 7) is 0. The van der Waals surface area contributed by atoms with Crippen molar-refractivity contribution in [2.24, 2.45) is 0 Å². The van der Waals surface area contributed by atoms with Gasteiger partial charge in [0.25, 0.3) is 0 Å². The summed E-state index contributed by atoms with van der Waals surface area (Å²) in [4.78, 5) is 0.0709. The molecule has 4 heteroatoms. The van der Waals surface area contributed by atoms with Crippen LogP contribution in [0.4, 0.5) is 10.1 Å². The summed E-state index contributed by atoms with van der Waals surface area (Å²) in [7, 11) is 0. The number of thiocarbonyl (C=S) groups is 1. The molecule has 0 atom stereocenters. The van der Waals surface area contributed by atoms with E-state index in [1.165, 1.54) is 24.3 Å². The lowest BCUT2D eigenvalue weighted by Gasteiger charge is -1.99. The Morgan fingerprint density at radius 3 is 2.50 bits per heavy atom. The van der Waals surface area contributed by atoms with E-state index < -0.39 is 0 Å². The van der Waals surface area contributed by atoms with Gasteiger partial charge in [0.15, 0.2) is 4.99 Å². The molecule has 2 nitrogen and oxygen atoms in total. The monoisotopic (exact) mass is 180 g/mol. The number of rotatable bonds is 1. The summed E-state index contributed by atoms with van der Waals surface area (Å²) in [6, 6.07) is 7.37. The van der Waals surface area contributed by atoms with Crippen molar-refractivity contribution in [2.45, 2.75) is 0 Å². The minimum Gasteiger partial charge on any atom is -0.338 e. The molecule has 0 saturated carbocycles. The third kappa shape index (κ3) is 2.29. The van der Waals surface area contributed by atoms with Gasteiger partial charge >= 0.3 is 0 Å². The van der Waals surface area contributed by atoms with E-state index in [0.29, 0.717) is 5.69 Å². The smallest absolute Gasteiger partial charge is 0.182 e. The van der Waals surface area contributed by atoms with Gasteiger partial charge in [-0.25, -0.2) is 4.39 Å². The van der Waals surface area contributed by atoms with Gasteiger partial charge in [0.1, 0.15) is 11.9 Å². The molecule has 0 aliphatic carbocycles. The molecule has 12 heavy (non-hydrogen) atoms. The number of hydrogen-bond donors (Lipinski definition) is 1. The van der Waals surface area contributed by atoms with Crippen molar-refractivity contribution in [3.63, 3.8) is 0 Å². The van der Waals surface area contributed by atoms with Crippen LogP contribution in [0.25, 0.3) is 0 Å². The predicted octanol–water partition coefficient (Wildman–Crippen LogP) is 2.09. The Bertz CT molecular complexity index is 326. The maximum absolute atomic E-state index is 12.4. The van der Waals surface area contributed by atoms with Crippen LogP contribution >= 0.6 is 12.2 Å². The quantitative estimate of drug-likeness (QED) is 0.672. The summed E-state index contributed by atoms with van der Waals surface area (Å²) in [6.07, 6.45) is 0. The Kier molecular flexibility index (Phi) is 2.72. The van der Waals surface area contributed by atoms with Crippen LogP contribution in [0.2, 0.25) is 0 Å². The maximum atomic E-state index is 12.4. The predicted molar refractivity (Wildman–Crippen MR) is 48.2 cm³/mol. The second-order valence-corrected chi connectivity index (χ2v) is 2.48. The zero-order valence-electron chi connectivity index (χ0n) is 6.04. The molecule has 0 aliphatic rings. The fourth-order valence-electron chi connectivity index (χ4n) is 0.692. The van der Waals surface area contributed by atoms with Crippen molar-refractivity contribution < 1.29 is 4.39 Å². The molecular formula is C8H5FN2S. The number of halogens is 1. The molecule has 1 N–H and O–H groups in total. The van der Waals surface area contributed by atoms with E-state index in [1.54, 1.807) is 6.07 Å². The molecule has 1 rings (SSSR count). The van der Waals surface area contributed by atoms with Crippen LogP contribution in [0, 0.1) is 17.1 Å². The fourth-order valence-corrected chi connectivity index (χ4v) is 0.810. The van der Waals surface area contributed by atoms with Crippen molar-refractivity contribution in [1.82, 2.24) is 0 Å². The molecule has 0 aliphatic heterocycles. The summed E-state index contributed by atoms with van der Waals surface area (Å²) in [5.74, 6) is -0.316. The first-order valence-corrected chi connectivity index (χ1v) is 3.60. The highest BCUT2D eigenvalue weighted by molar-refractivity contribution is 7.81. The van der Waals surface area contributed by atoms with E-state index >= 15 is 0 Å². The minimum absolute atomic E-state index is 0.0709. The molecule has 0 radical (unpaired) electrons. The maximum Gasteiger partial charge on any atom is 0.182 e. The standard InChI is InChI=1S/C8H5FN2S/c9-6-1-3-7(4-2-6)11-8(12)5-10/h1-4H,(H,11,12). The van der Waals surface area contributed by atoms with Crippen molar-refractivity contribution in [3.05, 3.63) is 30.1 Å². The van der Waals surface area contributed by atoms with Gasteiger partial charge in [-0.2, -0.15) is 5.26 Å². The molecule has 0 unspecified atom stereocenters. The van der Waals surface area contributed by atoms with Crippen LogP contribution in [0.15, 0.2) is 24.3 Å². The zero-order valence-corrected chi connectivity index (χ0v) is 6.86. The van der Waals surface area contributed by atoms with Crippen molar-refractivity contribution >= 4 is 22.9 Å². The Morgan fingerprint density at radius 2 is 2.00 bits per heavy atom. The van der Waals surface area contributed by atoms with E-state index in [-0.39, 0.29) is 10.8 Å². The van der Waals surface area contributed by atoms with Gasteiger partial charge in [-0.15, -0.1) is 0 Å². The Hall–Kier alpha value is -1.47. The molecule has 1 aromatic carbocycles. The van der Waals surface area contributed by atoms with Crippen LogP contribution < -0.4 is 5.32 Å². The highest BCUT2D eigenvalue weighted by atomic mass is 32.1. The van der Waals surface area contributed by atoms with Crippen LogP contribution in [-0.4, -0.2) is 4.99 Å². The third-order valence-corrected chi connectivity index (χ3v) is 1.40. The molecule has 60 valence electrons. The average molecular weight is 180 g/mol. The van der Waals surface area contributed by atoms with E-state index in [2.05, 4.69) is 17.5 Å². The number of hydrogen-bond acceptors (Lipinski definition) is 2. The van der Waals surface area contributed by atoms with Crippen LogP contribution in [0.5, 0.6) is 0 Å². The first kappa shape index (κ1) is 8.62. The fraction of sp³-hybridized carbons (Fsp3) is 0. The van der Waals surface area contributed by atoms with Gasteiger partial charge in [-0.05, 0) is 36.5 Å². The van der Waals surface area contributed by atoms with Crippen LogP contribution in [0.3, 0.4) is 0 Å². The topological polar surface area (TPSA) is 35.8 Å². The average Bonchev–Trinajstić information content (AvgIpc) is 2.09. The van der Waals surface area contributed by atoms with Crippen LogP contribution in [0.1, 0.15) is 0 Å². The second-order valence-electron chi connectivity index (χ2n) is 2.07. The summed E-state index contributed by atoms with van der Waals surface area (Å²) >= 11 is 4.60. The summed E-state index contributed by atoms with van der Waals surface area (Å²) < 4.78 is 12.4. The van der Waals surface area contributed by atoms with Crippen molar-refractivity contribution in [3.8, 4) is 6.07 Å². The molecular weight excluding hydrogens is 175 g/mol. The van der Waals surface area contributed by atoms with E-state index in [0.717, 1.165) is 0 Å². The second kappa shape index (κ2) is 3.79. The molecule has 0 aromatic heterocycles. The van der Waals surface area contributed by atoms with E-state index in [9.17, 15) is 4.39 Å². The van der Waals surface area contributed by atoms with Gasteiger partial charge in [0.05, 0.1) is 0 Å². The van der Waals surface area contributed by atoms with Crippen molar-refractivity contribution in [2.75, 3.05) is 5.32 Å². The Labute approximate surface area is 74.6 Å².